The lowest BCUT2D eigenvalue weighted by Crippen LogP contribution is -1.95. The maximum absolute atomic E-state index is 11.6. The van der Waals surface area contributed by atoms with Crippen LogP contribution >= 0.6 is 0 Å². The summed E-state index contributed by atoms with van der Waals surface area (Å²) in [5.41, 5.74) is 3.76. The molecule has 120 valence electrons. The first-order valence-corrected chi connectivity index (χ1v) is 8.24. The average molecular weight is 300 g/mol. The molecule has 0 aromatic heterocycles. The van der Waals surface area contributed by atoms with Gasteiger partial charge in [-0.25, -0.2) is 0 Å². The summed E-state index contributed by atoms with van der Waals surface area (Å²) < 4.78 is 0. The molecule has 0 aliphatic heterocycles. The molecular formula is C20H28O2. The first-order valence-electron chi connectivity index (χ1n) is 8.24. The third kappa shape index (κ3) is 7.43. The Balaban J connectivity index is 2.14. The zero-order valence-electron chi connectivity index (χ0n) is 14.0. The molecule has 0 aromatic rings. The molecule has 0 fully saturated rings. The Morgan fingerprint density at radius 2 is 1.95 bits per heavy atom. The van der Waals surface area contributed by atoms with E-state index in [1.807, 2.05) is 0 Å². The van der Waals surface area contributed by atoms with E-state index in [-0.39, 0.29) is 6.61 Å². The van der Waals surface area contributed by atoms with Crippen molar-refractivity contribution in [3.05, 3.63) is 34.9 Å². The molecule has 0 saturated heterocycles. The second-order valence-electron chi connectivity index (χ2n) is 5.83. The first-order chi connectivity index (χ1) is 10.6. The summed E-state index contributed by atoms with van der Waals surface area (Å²) in [6.45, 7) is 4.19. The van der Waals surface area contributed by atoms with Gasteiger partial charge in [0, 0.05) is 12.8 Å². The second kappa shape index (κ2) is 11.0. The Bertz CT molecular complexity index is 510. The van der Waals surface area contributed by atoms with Crippen LogP contribution in [0, 0.1) is 11.8 Å². The van der Waals surface area contributed by atoms with Gasteiger partial charge < -0.3 is 5.11 Å². The van der Waals surface area contributed by atoms with Crippen LogP contribution < -0.4 is 0 Å². The number of carbonyl (C=O) groups excluding carboxylic acids is 1. The Morgan fingerprint density at radius 1 is 1.18 bits per heavy atom. The van der Waals surface area contributed by atoms with Gasteiger partial charge in [-0.05, 0) is 57.9 Å². The predicted octanol–water partition coefficient (Wildman–Crippen LogP) is 4.50. The van der Waals surface area contributed by atoms with Crippen LogP contribution in [0.3, 0.4) is 0 Å². The Morgan fingerprint density at radius 3 is 2.64 bits per heavy atom. The van der Waals surface area contributed by atoms with E-state index in [9.17, 15) is 4.79 Å². The molecule has 2 nitrogen and oxygen atoms in total. The highest BCUT2D eigenvalue weighted by molar-refractivity contribution is 5.98. The number of allylic oxidation sites excluding steroid dienone is 6. The van der Waals surface area contributed by atoms with Gasteiger partial charge in [0.05, 0.1) is 0 Å². The first kappa shape index (κ1) is 18.5. The number of carbonyl (C=O) groups is 1. The lowest BCUT2D eigenvalue weighted by atomic mass is 10.1. The molecule has 0 saturated carbocycles. The molecule has 1 N–H and O–H groups in total. The molecule has 0 aromatic carbocycles. The molecule has 1 rings (SSSR count). The highest BCUT2D eigenvalue weighted by Gasteiger charge is 2.18. The minimum absolute atomic E-state index is 0.0461. The number of aliphatic hydroxyl groups excluding tert-OH is 1. The second-order valence-corrected chi connectivity index (χ2v) is 5.83. The summed E-state index contributed by atoms with van der Waals surface area (Å²) in [4.78, 5) is 11.6. The van der Waals surface area contributed by atoms with E-state index in [0.29, 0.717) is 5.78 Å². The number of hydrogen-bond acceptors (Lipinski definition) is 2. The van der Waals surface area contributed by atoms with Crippen LogP contribution in [0.2, 0.25) is 0 Å². The summed E-state index contributed by atoms with van der Waals surface area (Å²) in [7, 11) is 0. The number of rotatable bonds is 8. The third-order valence-corrected chi connectivity index (χ3v) is 3.98. The van der Waals surface area contributed by atoms with E-state index >= 15 is 0 Å². The summed E-state index contributed by atoms with van der Waals surface area (Å²) >= 11 is 0. The molecule has 1 aliphatic rings. The van der Waals surface area contributed by atoms with E-state index in [0.717, 1.165) is 56.9 Å². The fraction of sp³-hybridized carbons (Fsp3) is 0.550. The van der Waals surface area contributed by atoms with Crippen LogP contribution in [0.5, 0.6) is 0 Å². The smallest absolute Gasteiger partial charge is 0.159 e. The summed E-state index contributed by atoms with van der Waals surface area (Å²) in [5, 5.41) is 8.54. The molecule has 0 spiro atoms. The molecule has 1 aliphatic carbocycles. The molecule has 0 amide bonds. The Hall–Kier alpha value is -1.59. The average Bonchev–Trinajstić information content (AvgIpc) is 2.82. The molecule has 0 unspecified atom stereocenters. The molecule has 0 bridgehead atoms. The van der Waals surface area contributed by atoms with Crippen molar-refractivity contribution >= 4 is 5.78 Å². The van der Waals surface area contributed by atoms with Crippen molar-refractivity contribution in [1.29, 1.82) is 0 Å². The van der Waals surface area contributed by atoms with Crippen LogP contribution in [0.4, 0.5) is 0 Å². The van der Waals surface area contributed by atoms with E-state index < -0.39 is 0 Å². The fourth-order valence-corrected chi connectivity index (χ4v) is 2.61. The van der Waals surface area contributed by atoms with Gasteiger partial charge in [-0.2, -0.15) is 0 Å². The summed E-state index contributed by atoms with van der Waals surface area (Å²) in [6, 6.07) is 0. The number of unbranched alkanes of at least 4 members (excludes halogenated alkanes) is 1. The monoisotopic (exact) mass is 300 g/mol. The Labute approximate surface area is 135 Å². The van der Waals surface area contributed by atoms with E-state index in [1.54, 1.807) is 0 Å². The largest absolute Gasteiger partial charge is 0.384 e. The van der Waals surface area contributed by atoms with Crippen molar-refractivity contribution in [2.24, 2.45) is 0 Å². The van der Waals surface area contributed by atoms with Gasteiger partial charge in [-0.3, -0.25) is 4.79 Å². The third-order valence-electron chi connectivity index (χ3n) is 3.98. The lowest BCUT2D eigenvalue weighted by Gasteiger charge is -2.00. The van der Waals surface area contributed by atoms with Gasteiger partial charge in [0.2, 0.25) is 0 Å². The van der Waals surface area contributed by atoms with Crippen molar-refractivity contribution in [1.82, 2.24) is 0 Å². The van der Waals surface area contributed by atoms with Crippen LogP contribution in [0.25, 0.3) is 0 Å². The molecule has 2 heteroatoms. The van der Waals surface area contributed by atoms with Gasteiger partial charge in [-0.15, -0.1) is 5.92 Å². The van der Waals surface area contributed by atoms with Gasteiger partial charge in [0.25, 0.3) is 0 Å². The van der Waals surface area contributed by atoms with Crippen molar-refractivity contribution in [3.63, 3.8) is 0 Å². The molecule has 0 radical (unpaired) electrons. The van der Waals surface area contributed by atoms with E-state index in [4.69, 9.17) is 5.11 Å². The summed E-state index contributed by atoms with van der Waals surface area (Å²) in [6.07, 6.45) is 14.1. The zero-order valence-corrected chi connectivity index (χ0v) is 14.0. The minimum Gasteiger partial charge on any atom is -0.384 e. The highest BCUT2D eigenvalue weighted by atomic mass is 16.2. The molecule has 22 heavy (non-hydrogen) atoms. The maximum atomic E-state index is 11.6. The van der Waals surface area contributed by atoms with Gasteiger partial charge >= 0.3 is 0 Å². The normalized spacial score (nSPS) is 15.6. The maximum Gasteiger partial charge on any atom is 0.159 e. The van der Waals surface area contributed by atoms with Crippen LogP contribution in [-0.4, -0.2) is 17.5 Å². The van der Waals surface area contributed by atoms with Gasteiger partial charge in [0.15, 0.2) is 5.78 Å². The van der Waals surface area contributed by atoms with Crippen LogP contribution in [0.15, 0.2) is 34.9 Å². The number of Topliss-reactive ketones (excluding diaryl/α,β-unsaturated/α-hetero) is 1. The van der Waals surface area contributed by atoms with Crippen molar-refractivity contribution in [2.45, 2.75) is 65.2 Å². The van der Waals surface area contributed by atoms with Crippen molar-refractivity contribution in [2.75, 3.05) is 6.61 Å². The van der Waals surface area contributed by atoms with Gasteiger partial charge in [-0.1, -0.05) is 35.3 Å². The van der Waals surface area contributed by atoms with Crippen molar-refractivity contribution in [3.8, 4) is 11.8 Å². The molecule has 0 atom stereocenters. The quantitative estimate of drug-likeness (QED) is 0.407. The van der Waals surface area contributed by atoms with E-state index in [1.165, 1.54) is 11.1 Å². The number of aliphatic hydroxyl groups is 1. The fourth-order valence-electron chi connectivity index (χ4n) is 2.61. The number of hydrogen-bond donors (Lipinski definition) is 1. The number of ketones is 1. The SMILES string of the molecule is CC1=C(CC/C=C/CC/C(C)=C/CCC#CCO)C(=O)CC1. The predicted molar refractivity (Wildman–Crippen MR) is 92.4 cm³/mol. The Kier molecular flexibility index (Phi) is 9.26. The zero-order chi connectivity index (χ0) is 16.2. The van der Waals surface area contributed by atoms with E-state index in [2.05, 4.69) is 43.9 Å². The highest BCUT2D eigenvalue weighted by Crippen LogP contribution is 2.25. The lowest BCUT2D eigenvalue weighted by molar-refractivity contribution is -0.115. The van der Waals surface area contributed by atoms with Crippen molar-refractivity contribution < 1.29 is 9.90 Å². The standard InChI is InChI=1S/C20H28O2/c1-17(12-8-5-6-10-16-21)11-7-3-4-9-13-19-18(2)14-15-20(19)22/h3-4,12,21H,5,7-9,11,13-16H2,1-2H3/b4-3+,17-12+. The van der Waals surface area contributed by atoms with Crippen LogP contribution in [0.1, 0.15) is 65.2 Å². The van der Waals surface area contributed by atoms with Crippen LogP contribution in [-0.2, 0) is 4.79 Å². The molecular weight excluding hydrogens is 272 g/mol. The minimum atomic E-state index is -0.0461. The summed E-state index contributed by atoms with van der Waals surface area (Å²) in [5.74, 6) is 5.93. The topological polar surface area (TPSA) is 37.3 Å². The van der Waals surface area contributed by atoms with Gasteiger partial charge in [0.1, 0.15) is 6.61 Å². The molecule has 0 heterocycles.